The van der Waals surface area contributed by atoms with Crippen LogP contribution >= 0.6 is 0 Å². The minimum Gasteiger partial charge on any atom is -0.391 e. The highest BCUT2D eigenvalue weighted by Crippen LogP contribution is 2.23. The second-order valence-electron chi connectivity index (χ2n) is 5.23. The molecule has 94 valence electrons. The highest BCUT2D eigenvalue weighted by atomic mass is 16.3. The lowest BCUT2D eigenvalue weighted by molar-refractivity contribution is -0.125. The number of hydrogen-bond donors (Lipinski definition) is 3. The molecule has 0 saturated heterocycles. The fourth-order valence-electron chi connectivity index (χ4n) is 2.29. The monoisotopic (exact) mass is 228 g/mol. The molecule has 0 bridgehead atoms. The van der Waals surface area contributed by atoms with E-state index in [4.69, 9.17) is 5.73 Å². The zero-order valence-corrected chi connectivity index (χ0v) is 10.3. The number of nitrogens with one attached hydrogen (secondary N) is 1. The molecular formula is C12H24N2O2. The summed E-state index contributed by atoms with van der Waals surface area (Å²) in [6.45, 7) is 4.45. The van der Waals surface area contributed by atoms with Crippen molar-refractivity contribution in [2.45, 2.75) is 51.7 Å². The third kappa shape index (κ3) is 4.10. The minimum absolute atomic E-state index is 0.00208. The number of aliphatic hydroxyl groups is 1. The molecule has 4 N–H and O–H groups in total. The van der Waals surface area contributed by atoms with E-state index in [1.54, 1.807) is 0 Å². The first-order valence-corrected chi connectivity index (χ1v) is 6.22. The number of carbonyl (C=O) groups is 1. The smallest absolute Gasteiger partial charge is 0.224 e. The lowest BCUT2D eigenvalue weighted by Gasteiger charge is -2.18. The van der Waals surface area contributed by atoms with Crippen LogP contribution in [0.5, 0.6) is 0 Å². The van der Waals surface area contributed by atoms with Crippen LogP contribution < -0.4 is 11.1 Å². The van der Waals surface area contributed by atoms with Crippen molar-refractivity contribution in [3.8, 4) is 0 Å². The zero-order valence-electron chi connectivity index (χ0n) is 10.3. The van der Waals surface area contributed by atoms with Crippen molar-refractivity contribution in [1.29, 1.82) is 0 Å². The van der Waals surface area contributed by atoms with E-state index in [-0.39, 0.29) is 17.9 Å². The van der Waals surface area contributed by atoms with E-state index in [9.17, 15) is 9.90 Å². The standard InChI is InChI=1S/C12H24N2O2/c1-8(2)6-9(15)7-14-12(16)10-4-3-5-11(10)13/h8-11,15H,3-7,13H2,1-2H3,(H,14,16). The molecule has 1 aliphatic carbocycles. The summed E-state index contributed by atoms with van der Waals surface area (Å²) in [6, 6.07) is 0.00208. The number of aliphatic hydroxyl groups excluding tert-OH is 1. The summed E-state index contributed by atoms with van der Waals surface area (Å²) in [5.41, 5.74) is 5.84. The number of carbonyl (C=O) groups excluding carboxylic acids is 1. The molecule has 3 atom stereocenters. The molecule has 4 heteroatoms. The van der Waals surface area contributed by atoms with Crippen LogP contribution in [-0.2, 0) is 4.79 Å². The van der Waals surface area contributed by atoms with Gasteiger partial charge in [-0.3, -0.25) is 4.79 Å². The van der Waals surface area contributed by atoms with Gasteiger partial charge in [0, 0.05) is 12.6 Å². The van der Waals surface area contributed by atoms with Crippen molar-refractivity contribution in [3.63, 3.8) is 0 Å². The lowest BCUT2D eigenvalue weighted by atomic mass is 10.0. The van der Waals surface area contributed by atoms with Crippen LogP contribution in [0.2, 0.25) is 0 Å². The Labute approximate surface area is 97.6 Å². The van der Waals surface area contributed by atoms with E-state index in [2.05, 4.69) is 19.2 Å². The number of nitrogens with two attached hydrogens (primary N) is 1. The van der Waals surface area contributed by atoms with Crippen LogP contribution in [-0.4, -0.2) is 29.7 Å². The maximum Gasteiger partial charge on any atom is 0.224 e. The van der Waals surface area contributed by atoms with Crippen molar-refractivity contribution in [2.75, 3.05) is 6.54 Å². The number of hydrogen-bond acceptors (Lipinski definition) is 3. The summed E-state index contributed by atoms with van der Waals surface area (Å²) >= 11 is 0. The largest absolute Gasteiger partial charge is 0.391 e. The third-order valence-corrected chi connectivity index (χ3v) is 3.16. The maximum absolute atomic E-state index is 11.7. The molecule has 1 rings (SSSR count). The summed E-state index contributed by atoms with van der Waals surface area (Å²) in [5.74, 6) is 0.402. The van der Waals surface area contributed by atoms with Crippen LogP contribution in [0.1, 0.15) is 39.5 Å². The zero-order chi connectivity index (χ0) is 12.1. The van der Waals surface area contributed by atoms with E-state index in [1.165, 1.54) is 0 Å². The van der Waals surface area contributed by atoms with Gasteiger partial charge in [0.2, 0.25) is 5.91 Å². The lowest BCUT2D eigenvalue weighted by Crippen LogP contribution is -2.41. The van der Waals surface area contributed by atoms with Gasteiger partial charge in [0.25, 0.3) is 0 Å². The van der Waals surface area contributed by atoms with Gasteiger partial charge in [-0.15, -0.1) is 0 Å². The SMILES string of the molecule is CC(C)CC(O)CNC(=O)C1CCCC1N. The predicted octanol–water partition coefficient (Wildman–Crippen LogP) is 0.637. The Hall–Kier alpha value is -0.610. The molecule has 16 heavy (non-hydrogen) atoms. The Kier molecular flexibility index (Phi) is 5.22. The van der Waals surface area contributed by atoms with E-state index < -0.39 is 6.10 Å². The van der Waals surface area contributed by atoms with Crippen molar-refractivity contribution in [3.05, 3.63) is 0 Å². The molecule has 1 aliphatic rings. The normalized spacial score (nSPS) is 27.1. The van der Waals surface area contributed by atoms with Gasteiger partial charge in [-0.05, 0) is 25.2 Å². The molecule has 0 spiro atoms. The summed E-state index contributed by atoms with van der Waals surface area (Å²) in [7, 11) is 0. The average Bonchev–Trinajstić information content (AvgIpc) is 2.60. The molecule has 4 nitrogen and oxygen atoms in total. The van der Waals surface area contributed by atoms with Gasteiger partial charge in [-0.1, -0.05) is 20.3 Å². The number of amides is 1. The van der Waals surface area contributed by atoms with E-state index >= 15 is 0 Å². The molecule has 0 aromatic carbocycles. The minimum atomic E-state index is -0.443. The first-order chi connectivity index (χ1) is 7.50. The van der Waals surface area contributed by atoms with Crippen molar-refractivity contribution >= 4 is 5.91 Å². The molecule has 1 saturated carbocycles. The summed E-state index contributed by atoms with van der Waals surface area (Å²) in [4.78, 5) is 11.7. The molecular weight excluding hydrogens is 204 g/mol. The first kappa shape index (κ1) is 13.5. The van der Waals surface area contributed by atoms with Gasteiger partial charge >= 0.3 is 0 Å². The van der Waals surface area contributed by atoms with Crippen LogP contribution in [0, 0.1) is 11.8 Å². The van der Waals surface area contributed by atoms with Crippen molar-refractivity contribution < 1.29 is 9.90 Å². The Morgan fingerprint density at radius 2 is 2.19 bits per heavy atom. The van der Waals surface area contributed by atoms with Gasteiger partial charge in [0.1, 0.15) is 0 Å². The molecule has 0 aliphatic heterocycles. The van der Waals surface area contributed by atoms with Gasteiger partial charge in [0.15, 0.2) is 0 Å². The quantitative estimate of drug-likeness (QED) is 0.646. The molecule has 0 aromatic rings. The highest BCUT2D eigenvalue weighted by Gasteiger charge is 2.30. The Morgan fingerprint density at radius 3 is 2.69 bits per heavy atom. The summed E-state index contributed by atoms with van der Waals surface area (Å²) < 4.78 is 0. The van der Waals surface area contributed by atoms with Crippen LogP contribution in [0.25, 0.3) is 0 Å². The third-order valence-electron chi connectivity index (χ3n) is 3.16. The van der Waals surface area contributed by atoms with E-state index in [0.717, 1.165) is 25.7 Å². The second kappa shape index (κ2) is 6.21. The van der Waals surface area contributed by atoms with Crippen LogP contribution in [0.4, 0.5) is 0 Å². The Balaban J connectivity index is 2.24. The maximum atomic E-state index is 11.7. The molecule has 1 fully saturated rings. The fraction of sp³-hybridized carbons (Fsp3) is 0.917. The summed E-state index contributed by atoms with van der Waals surface area (Å²) in [6.07, 6.45) is 3.13. The fourth-order valence-corrected chi connectivity index (χ4v) is 2.29. The number of rotatable bonds is 5. The molecule has 0 radical (unpaired) electrons. The Morgan fingerprint density at radius 1 is 1.50 bits per heavy atom. The summed E-state index contributed by atoms with van der Waals surface area (Å²) in [5, 5.41) is 12.4. The Bertz CT molecular complexity index is 231. The van der Waals surface area contributed by atoms with Crippen molar-refractivity contribution in [1.82, 2.24) is 5.32 Å². The van der Waals surface area contributed by atoms with Gasteiger partial charge < -0.3 is 16.2 Å². The molecule has 0 heterocycles. The van der Waals surface area contributed by atoms with E-state index in [1.807, 2.05) is 0 Å². The molecule has 1 amide bonds. The van der Waals surface area contributed by atoms with Gasteiger partial charge in [-0.2, -0.15) is 0 Å². The van der Waals surface area contributed by atoms with Crippen LogP contribution in [0.3, 0.4) is 0 Å². The predicted molar refractivity (Wildman–Crippen MR) is 63.8 cm³/mol. The average molecular weight is 228 g/mol. The molecule has 3 unspecified atom stereocenters. The van der Waals surface area contributed by atoms with Gasteiger partial charge in [-0.25, -0.2) is 0 Å². The van der Waals surface area contributed by atoms with Crippen LogP contribution in [0.15, 0.2) is 0 Å². The van der Waals surface area contributed by atoms with E-state index in [0.29, 0.717) is 12.5 Å². The first-order valence-electron chi connectivity index (χ1n) is 6.22. The highest BCUT2D eigenvalue weighted by molar-refractivity contribution is 5.79. The molecule has 0 aromatic heterocycles. The van der Waals surface area contributed by atoms with Crippen molar-refractivity contribution in [2.24, 2.45) is 17.6 Å². The second-order valence-corrected chi connectivity index (χ2v) is 5.23. The topological polar surface area (TPSA) is 75.3 Å². The van der Waals surface area contributed by atoms with Gasteiger partial charge in [0.05, 0.1) is 12.0 Å².